The normalized spacial score (nSPS) is 10.5. The van der Waals surface area contributed by atoms with Crippen LogP contribution in [0.1, 0.15) is 36.2 Å². The third kappa shape index (κ3) is 5.08. The number of nitrogens with one attached hydrogen (secondary N) is 2. The number of aliphatic carboxylic acids is 1. The second-order valence-corrected chi connectivity index (χ2v) is 5.75. The molecule has 0 atom stereocenters. The van der Waals surface area contributed by atoms with Crippen LogP contribution < -0.4 is 10.6 Å². The number of hydrogen-bond acceptors (Lipinski definition) is 4. The van der Waals surface area contributed by atoms with Crippen molar-refractivity contribution in [2.75, 3.05) is 10.6 Å². The molecule has 1 aromatic carbocycles. The molecule has 126 valence electrons. The smallest absolute Gasteiger partial charge is 0.303 e. The van der Waals surface area contributed by atoms with E-state index in [0.29, 0.717) is 23.5 Å². The van der Waals surface area contributed by atoms with Gasteiger partial charge in [-0.2, -0.15) is 0 Å². The molecule has 6 heteroatoms. The van der Waals surface area contributed by atoms with Gasteiger partial charge in [0.1, 0.15) is 5.82 Å². The number of pyridine rings is 1. The molecule has 0 saturated heterocycles. The Morgan fingerprint density at radius 1 is 1.21 bits per heavy atom. The predicted octanol–water partition coefficient (Wildman–Crippen LogP) is 3.17. The van der Waals surface area contributed by atoms with Crippen molar-refractivity contribution in [3.05, 3.63) is 53.7 Å². The van der Waals surface area contributed by atoms with Crippen molar-refractivity contribution in [3.8, 4) is 0 Å². The van der Waals surface area contributed by atoms with E-state index in [1.165, 1.54) is 0 Å². The monoisotopic (exact) mass is 327 g/mol. The van der Waals surface area contributed by atoms with E-state index in [1.54, 1.807) is 36.5 Å². The summed E-state index contributed by atoms with van der Waals surface area (Å²) in [7, 11) is 0. The van der Waals surface area contributed by atoms with Gasteiger partial charge < -0.3 is 15.7 Å². The number of nitrogens with zero attached hydrogens (tertiary/aromatic N) is 1. The van der Waals surface area contributed by atoms with Crippen LogP contribution >= 0.6 is 0 Å². The molecule has 3 N–H and O–H groups in total. The molecule has 2 aromatic rings. The summed E-state index contributed by atoms with van der Waals surface area (Å²) in [4.78, 5) is 27.4. The standard InChI is InChI=1S/C18H21N3O3/c1-12(2)20-17-15(7-4-10-19-17)18(24)21-14-6-3-5-13(11-14)8-9-16(22)23/h3-7,10-12H,8-9H2,1-2H3,(H,19,20)(H,21,24)(H,22,23). The number of carboxylic acids is 1. The third-order valence-electron chi connectivity index (χ3n) is 3.29. The van der Waals surface area contributed by atoms with Crippen LogP contribution in [0.4, 0.5) is 11.5 Å². The van der Waals surface area contributed by atoms with Gasteiger partial charge in [-0.25, -0.2) is 4.98 Å². The number of aromatic nitrogens is 1. The molecular formula is C18H21N3O3. The summed E-state index contributed by atoms with van der Waals surface area (Å²) in [5, 5.41) is 14.7. The van der Waals surface area contributed by atoms with Crippen molar-refractivity contribution in [1.82, 2.24) is 4.98 Å². The van der Waals surface area contributed by atoms with Crippen LogP contribution in [0, 0.1) is 0 Å². The molecule has 0 unspecified atom stereocenters. The Hall–Kier alpha value is -2.89. The summed E-state index contributed by atoms with van der Waals surface area (Å²) in [5.74, 6) is -0.571. The maximum atomic E-state index is 12.5. The van der Waals surface area contributed by atoms with Crippen molar-refractivity contribution in [1.29, 1.82) is 0 Å². The number of benzene rings is 1. The van der Waals surface area contributed by atoms with Crippen LogP contribution in [0.2, 0.25) is 0 Å². The van der Waals surface area contributed by atoms with Crippen LogP contribution in [0.25, 0.3) is 0 Å². The topological polar surface area (TPSA) is 91.3 Å². The molecule has 0 saturated carbocycles. The number of hydrogen-bond donors (Lipinski definition) is 3. The SMILES string of the molecule is CC(C)Nc1ncccc1C(=O)Nc1cccc(CCC(=O)O)c1. The molecule has 0 aliphatic rings. The Balaban J connectivity index is 2.12. The highest BCUT2D eigenvalue weighted by Gasteiger charge is 2.13. The van der Waals surface area contributed by atoms with Crippen LogP contribution in [0.15, 0.2) is 42.6 Å². The van der Waals surface area contributed by atoms with Crippen LogP contribution in [-0.2, 0) is 11.2 Å². The first-order valence-electron chi connectivity index (χ1n) is 7.79. The highest BCUT2D eigenvalue weighted by atomic mass is 16.4. The number of carbonyl (C=O) groups is 2. The zero-order chi connectivity index (χ0) is 17.5. The quantitative estimate of drug-likeness (QED) is 0.726. The van der Waals surface area contributed by atoms with E-state index >= 15 is 0 Å². The fourth-order valence-electron chi connectivity index (χ4n) is 2.23. The lowest BCUT2D eigenvalue weighted by Gasteiger charge is -2.13. The van der Waals surface area contributed by atoms with Gasteiger partial charge in [0.25, 0.3) is 5.91 Å². The fraction of sp³-hybridized carbons (Fsp3) is 0.278. The summed E-state index contributed by atoms with van der Waals surface area (Å²) in [5.41, 5.74) is 1.95. The van der Waals surface area contributed by atoms with Crippen molar-refractivity contribution < 1.29 is 14.7 Å². The molecule has 0 aliphatic heterocycles. The summed E-state index contributed by atoms with van der Waals surface area (Å²) < 4.78 is 0. The molecule has 2 rings (SSSR count). The lowest BCUT2D eigenvalue weighted by atomic mass is 10.1. The van der Waals surface area contributed by atoms with E-state index in [-0.39, 0.29) is 18.4 Å². The Bertz CT molecular complexity index is 729. The third-order valence-corrected chi connectivity index (χ3v) is 3.29. The number of rotatable bonds is 7. The number of aryl methyl sites for hydroxylation is 1. The van der Waals surface area contributed by atoms with Gasteiger partial charge in [-0.3, -0.25) is 9.59 Å². The van der Waals surface area contributed by atoms with Gasteiger partial charge in [-0.05, 0) is 50.1 Å². The summed E-state index contributed by atoms with van der Waals surface area (Å²) in [6, 6.07) is 10.8. The van der Waals surface area contributed by atoms with E-state index < -0.39 is 5.97 Å². The van der Waals surface area contributed by atoms with Crippen molar-refractivity contribution >= 4 is 23.4 Å². The van der Waals surface area contributed by atoms with Gasteiger partial charge in [0, 0.05) is 24.3 Å². The van der Waals surface area contributed by atoms with Crippen molar-refractivity contribution in [2.45, 2.75) is 32.7 Å². The molecule has 0 fully saturated rings. The maximum absolute atomic E-state index is 12.5. The lowest BCUT2D eigenvalue weighted by Crippen LogP contribution is -2.18. The highest BCUT2D eigenvalue weighted by molar-refractivity contribution is 6.07. The zero-order valence-corrected chi connectivity index (χ0v) is 13.7. The minimum Gasteiger partial charge on any atom is -0.481 e. The number of carboxylic acid groups (broad SMARTS) is 1. The second-order valence-electron chi connectivity index (χ2n) is 5.75. The minimum atomic E-state index is -0.843. The first-order valence-corrected chi connectivity index (χ1v) is 7.79. The van der Waals surface area contributed by atoms with Crippen LogP contribution in [-0.4, -0.2) is 28.0 Å². The average molecular weight is 327 g/mol. The molecule has 0 aliphatic carbocycles. The van der Waals surface area contributed by atoms with Gasteiger partial charge in [0.15, 0.2) is 0 Å². The maximum Gasteiger partial charge on any atom is 0.303 e. The summed E-state index contributed by atoms with van der Waals surface area (Å²) in [6.45, 7) is 3.95. The average Bonchev–Trinajstić information content (AvgIpc) is 2.53. The predicted molar refractivity (Wildman–Crippen MR) is 93.3 cm³/mol. The molecule has 0 radical (unpaired) electrons. The summed E-state index contributed by atoms with van der Waals surface area (Å²) in [6.07, 6.45) is 2.11. The Kier molecular flexibility index (Phi) is 5.89. The molecule has 24 heavy (non-hydrogen) atoms. The molecule has 1 amide bonds. The van der Waals surface area contributed by atoms with E-state index in [9.17, 15) is 9.59 Å². The van der Waals surface area contributed by atoms with Gasteiger partial charge in [-0.15, -0.1) is 0 Å². The van der Waals surface area contributed by atoms with E-state index in [0.717, 1.165) is 5.56 Å². The van der Waals surface area contributed by atoms with Crippen molar-refractivity contribution in [2.24, 2.45) is 0 Å². The van der Waals surface area contributed by atoms with Crippen LogP contribution in [0.3, 0.4) is 0 Å². The van der Waals surface area contributed by atoms with Crippen molar-refractivity contribution in [3.63, 3.8) is 0 Å². The van der Waals surface area contributed by atoms with Crippen LogP contribution in [0.5, 0.6) is 0 Å². The first-order chi connectivity index (χ1) is 11.5. The van der Waals surface area contributed by atoms with E-state index in [2.05, 4.69) is 15.6 Å². The molecule has 0 spiro atoms. The van der Waals surface area contributed by atoms with E-state index in [1.807, 2.05) is 19.9 Å². The second kappa shape index (κ2) is 8.10. The molecule has 0 bridgehead atoms. The molecule has 6 nitrogen and oxygen atoms in total. The van der Waals surface area contributed by atoms with Gasteiger partial charge in [-0.1, -0.05) is 12.1 Å². The van der Waals surface area contributed by atoms with Gasteiger partial charge in [0.2, 0.25) is 0 Å². The Morgan fingerprint density at radius 2 is 2.00 bits per heavy atom. The minimum absolute atomic E-state index is 0.0580. The number of amides is 1. The van der Waals surface area contributed by atoms with Gasteiger partial charge >= 0.3 is 5.97 Å². The number of carbonyl (C=O) groups excluding carboxylic acids is 1. The first kappa shape index (κ1) is 17.5. The molecular weight excluding hydrogens is 306 g/mol. The lowest BCUT2D eigenvalue weighted by molar-refractivity contribution is -0.136. The largest absolute Gasteiger partial charge is 0.481 e. The fourth-order valence-corrected chi connectivity index (χ4v) is 2.23. The number of anilines is 2. The Labute approximate surface area is 140 Å². The molecule has 1 aromatic heterocycles. The molecule has 1 heterocycles. The summed E-state index contributed by atoms with van der Waals surface area (Å²) >= 11 is 0. The van der Waals surface area contributed by atoms with E-state index in [4.69, 9.17) is 5.11 Å². The Morgan fingerprint density at radius 3 is 2.71 bits per heavy atom. The highest BCUT2D eigenvalue weighted by Crippen LogP contribution is 2.17. The zero-order valence-electron chi connectivity index (χ0n) is 13.7. The van der Waals surface area contributed by atoms with Gasteiger partial charge in [0.05, 0.1) is 5.56 Å².